The zero-order valence-corrected chi connectivity index (χ0v) is 14.0. The lowest BCUT2D eigenvalue weighted by molar-refractivity contribution is -0.112. The molecule has 3 N–H and O–H groups in total. The van der Waals surface area contributed by atoms with Crippen LogP contribution in [0.1, 0.15) is 19.4 Å². The Hall–Kier alpha value is -3.41. The third-order valence-corrected chi connectivity index (χ3v) is 3.40. The quantitative estimate of drug-likeness (QED) is 0.451. The molecule has 6 nitrogen and oxygen atoms in total. The van der Waals surface area contributed by atoms with Crippen LogP contribution >= 0.6 is 0 Å². The molecule has 0 spiro atoms. The maximum Gasteiger partial charge on any atom is 0.418 e. The Kier molecular flexibility index (Phi) is 6.06. The number of amides is 2. The van der Waals surface area contributed by atoms with E-state index in [0.717, 1.165) is 0 Å². The Bertz CT molecular complexity index is 796. The van der Waals surface area contributed by atoms with E-state index in [1.165, 1.54) is 0 Å². The number of amidine groups is 1. The van der Waals surface area contributed by atoms with Crippen molar-refractivity contribution in [2.24, 2.45) is 0 Å². The summed E-state index contributed by atoms with van der Waals surface area (Å²) in [6, 6.07) is 15.2. The van der Waals surface area contributed by atoms with Crippen LogP contribution in [0, 0.1) is 5.41 Å². The van der Waals surface area contributed by atoms with E-state index in [2.05, 4.69) is 10.6 Å². The van der Waals surface area contributed by atoms with Gasteiger partial charge in [0.05, 0.1) is 0 Å². The van der Waals surface area contributed by atoms with E-state index in [0.29, 0.717) is 22.6 Å². The molecule has 2 aromatic rings. The number of hydrogen-bond acceptors (Lipinski definition) is 4. The number of carbonyl (C=O) groups excluding carboxylic acids is 2. The first kappa shape index (κ1) is 17.9. The van der Waals surface area contributed by atoms with Crippen molar-refractivity contribution in [3.8, 4) is 5.75 Å². The van der Waals surface area contributed by atoms with Gasteiger partial charge in [0.2, 0.25) is 0 Å². The largest absolute Gasteiger partial charge is 0.418 e. The van der Waals surface area contributed by atoms with Crippen LogP contribution in [0.5, 0.6) is 5.75 Å². The highest BCUT2D eigenvalue weighted by atomic mass is 16.6. The summed E-state index contributed by atoms with van der Waals surface area (Å²) >= 11 is 0. The third kappa shape index (κ3) is 5.31. The molecule has 0 bridgehead atoms. The number of benzene rings is 2. The molecule has 0 aliphatic heterocycles. The van der Waals surface area contributed by atoms with E-state index in [-0.39, 0.29) is 11.7 Å². The minimum Gasteiger partial charge on any atom is -0.410 e. The van der Waals surface area contributed by atoms with Crippen molar-refractivity contribution in [3.63, 3.8) is 0 Å². The van der Waals surface area contributed by atoms with Crippen LogP contribution in [0.3, 0.4) is 0 Å². The van der Waals surface area contributed by atoms with Gasteiger partial charge in [-0.1, -0.05) is 24.3 Å². The van der Waals surface area contributed by atoms with Gasteiger partial charge in [-0.2, -0.15) is 0 Å². The summed E-state index contributed by atoms with van der Waals surface area (Å²) in [5, 5.41) is 13.0. The van der Waals surface area contributed by atoms with E-state index >= 15 is 0 Å². The van der Waals surface area contributed by atoms with Gasteiger partial charge in [-0.05, 0) is 50.2 Å². The van der Waals surface area contributed by atoms with Crippen LogP contribution in [0.2, 0.25) is 0 Å². The maximum atomic E-state index is 11.8. The summed E-state index contributed by atoms with van der Waals surface area (Å²) in [6.45, 7) is 3.52. The monoisotopic (exact) mass is 337 g/mol. The van der Waals surface area contributed by atoms with Gasteiger partial charge in [0.1, 0.15) is 11.6 Å². The zero-order chi connectivity index (χ0) is 18.2. The summed E-state index contributed by atoms with van der Waals surface area (Å²) < 4.78 is 5.07. The molecule has 0 saturated heterocycles. The number of carbonyl (C=O) groups is 2. The fourth-order valence-electron chi connectivity index (χ4n) is 1.88. The highest BCUT2D eigenvalue weighted by Crippen LogP contribution is 2.12. The summed E-state index contributed by atoms with van der Waals surface area (Å²) in [6.07, 6.45) is 0.985. The van der Waals surface area contributed by atoms with Crippen molar-refractivity contribution in [1.82, 2.24) is 5.32 Å². The Morgan fingerprint density at radius 2 is 1.68 bits per heavy atom. The molecule has 0 radical (unpaired) electrons. The van der Waals surface area contributed by atoms with E-state index in [9.17, 15) is 9.59 Å². The molecule has 25 heavy (non-hydrogen) atoms. The number of anilines is 1. The Balaban J connectivity index is 1.94. The maximum absolute atomic E-state index is 11.8. The van der Waals surface area contributed by atoms with Crippen LogP contribution < -0.4 is 15.4 Å². The van der Waals surface area contributed by atoms with Crippen LogP contribution in [-0.2, 0) is 4.79 Å². The lowest BCUT2D eigenvalue weighted by Crippen LogP contribution is -2.33. The third-order valence-electron chi connectivity index (χ3n) is 3.40. The Morgan fingerprint density at radius 1 is 1.04 bits per heavy atom. The summed E-state index contributed by atoms with van der Waals surface area (Å²) in [7, 11) is 0. The average molecular weight is 337 g/mol. The number of ether oxygens (including phenoxy) is 1. The molecule has 0 atom stereocenters. The molecule has 0 aliphatic rings. The molecular formula is C19H19N3O3. The molecule has 128 valence electrons. The molecule has 0 saturated carbocycles. The van der Waals surface area contributed by atoms with Crippen molar-refractivity contribution >= 4 is 23.5 Å². The molecule has 0 heterocycles. The smallest absolute Gasteiger partial charge is 0.410 e. The van der Waals surface area contributed by atoms with Gasteiger partial charge in [-0.15, -0.1) is 0 Å². The van der Waals surface area contributed by atoms with Gasteiger partial charge in [-0.25, -0.2) is 4.79 Å². The lowest BCUT2D eigenvalue weighted by Gasteiger charge is -2.09. The lowest BCUT2D eigenvalue weighted by atomic mass is 10.2. The minimum atomic E-state index is -0.739. The van der Waals surface area contributed by atoms with Crippen LogP contribution in [-0.4, -0.2) is 17.8 Å². The summed E-state index contributed by atoms with van der Waals surface area (Å²) in [4.78, 5) is 23.6. The predicted molar refractivity (Wildman–Crippen MR) is 96.9 cm³/mol. The SMILES string of the molecule is C/C=C(\C)C(=O)Nc1ccc(C(=N)NC(=O)Oc2ccccc2)cc1. The molecular weight excluding hydrogens is 318 g/mol. The molecule has 0 fully saturated rings. The van der Waals surface area contributed by atoms with Crippen LogP contribution in [0.25, 0.3) is 0 Å². The van der Waals surface area contributed by atoms with Gasteiger partial charge in [-0.3, -0.25) is 15.5 Å². The van der Waals surface area contributed by atoms with Gasteiger partial charge in [0, 0.05) is 16.8 Å². The first-order valence-electron chi connectivity index (χ1n) is 7.66. The summed E-state index contributed by atoms with van der Waals surface area (Å²) in [5.74, 6) is 0.114. The second kappa shape index (κ2) is 8.44. The highest BCUT2D eigenvalue weighted by molar-refractivity contribution is 6.06. The Labute approximate surface area is 146 Å². The first-order chi connectivity index (χ1) is 12.0. The number of para-hydroxylation sites is 1. The number of hydrogen-bond donors (Lipinski definition) is 3. The second-order valence-electron chi connectivity index (χ2n) is 5.21. The molecule has 0 unspecified atom stereocenters. The predicted octanol–water partition coefficient (Wildman–Crippen LogP) is 3.71. The van der Waals surface area contributed by atoms with Crippen molar-refractivity contribution in [3.05, 3.63) is 71.8 Å². The van der Waals surface area contributed by atoms with Crippen molar-refractivity contribution in [2.45, 2.75) is 13.8 Å². The van der Waals surface area contributed by atoms with Crippen LogP contribution in [0.4, 0.5) is 10.5 Å². The van der Waals surface area contributed by atoms with Gasteiger partial charge in [0.25, 0.3) is 5.91 Å². The summed E-state index contributed by atoms with van der Waals surface area (Å²) in [5.41, 5.74) is 1.71. The zero-order valence-electron chi connectivity index (χ0n) is 14.0. The minimum absolute atomic E-state index is 0.0940. The molecule has 2 rings (SSSR count). The fourth-order valence-corrected chi connectivity index (χ4v) is 1.88. The average Bonchev–Trinajstić information content (AvgIpc) is 2.62. The number of allylic oxidation sites excluding steroid dienone is 1. The standard InChI is InChI=1S/C19H19N3O3/c1-3-13(2)18(23)21-15-11-9-14(10-12-15)17(20)22-19(24)25-16-7-5-4-6-8-16/h3-12H,1-2H3,(H,21,23)(H2,20,22,24)/b13-3+. The second-order valence-corrected chi connectivity index (χ2v) is 5.21. The number of nitrogens with one attached hydrogen (secondary N) is 3. The van der Waals surface area contributed by atoms with E-state index in [4.69, 9.17) is 10.1 Å². The van der Waals surface area contributed by atoms with Gasteiger partial charge < -0.3 is 10.1 Å². The number of rotatable bonds is 4. The topological polar surface area (TPSA) is 91.3 Å². The highest BCUT2D eigenvalue weighted by Gasteiger charge is 2.09. The molecule has 6 heteroatoms. The van der Waals surface area contributed by atoms with Crippen molar-refractivity contribution in [2.75, 3.05) is 5.32 Å². The van der Waals surface area contributed by atoms with E-state index in [1.807, 2.05) is 6.07 Å². The van der Waals surface area contributed by atoms with Crippen molar-refractivity contribution in [1.29, 1.82) is 5.41 Å². The van der Waals surface area contributed by atoms with E-state index in [1.54, 1.807) is 68.5 Å². The van der Waals surface area contributed by atoms with E-state index < -0.39 is 6.09 Å². The Morgan fingerprint density at radius 3 is 2.28 bits per heavy atom. The van der Waals surface area contributed by atoms with Gasteiger partial charge >= 0.3 is 6.09 Å². The molecule has 0 aromatic heterocycles. The van der Waals surface area contributed by atoms with Crippen molar-refractivity contribution < 1.29 is 14.3 Å². The van der Waals surface area contributed by atoms with Gasteiger partial charge in [0.15, 0.2) is 0 Å². The first-order valence-corrected chi connectivity index (χ1v) is 7.66. The fraction of sp³-hybridized carbons (Fsp3) is 0.105. The normalized spacial score (nSPS) is 10.7. The molecule has 2 aromatic carbocycles. The molecule has 0 aliphatic carbocycles. The van der Waals surface area contributed by atoms with Crippen LogP contribution in [0.15, 0.2) is 66.2 Å². The molecule has 2 amide bonds.